The van der Waals surface area contributed by atoms with Crippen molar-refractivity contribution in [1.29, 1.82) is 0 Å². The number of hydroxylamine groups is 1. The Labute approximate surface area is 171 Å². The van der Waals surface area contributed by atoms with Crippen molar-refractivity contribution in [1.82, 2.24) is 15.4 Å². The molecule has 9 heteroatoms. The van der Waals surface area contributed by atoms with Crippen molar-refractivity contribution in [2.75, 3.05) is 25.0 Å². The highest BCUT2D eigenvalue weighted by Gasteiger charge is 2.27. The molecule has 1 aromatic rings. The standard InChI is InChI=1S/C17H23ClN4O2.2ClH/c18-15-9-13(3-4-16(23)21-24)10-19-17(15)20-14-5-7-22(8-6-14)11-12-1-2-12;;/h3-4,9-10,12,14,24H,1-2,5-8,11H2,(H,19,20)(H,21,23);2*1H/b4-3+;;. The first-order chi connectivity index (χ1) is 11.6. The number of hydrogen-bond donors (Lipinski definition) is 3. The van der Waals surface area contributed by atoms with Gasteiger partial charge in [0.15, 0.2) is 0 Å². The third kappa shape index (κ3) is 6.93. The van der Waals surface area contributed by atoms with Crippen LogP contribution < -0.4 is 10.8 Å². The summed E-state index contributed by atoms with van der Waals surface area (Å²) in [6, 6.07) is 2.15. The zero-order valence-corrected chi connectivity index (χ0v) is 16.7. The Hall–Kier alpha value is -1.05. The average molecular weight is 424 g/mol. The van der Waals surface area contributed by atoms with E-state index in [1.807, 2.05) is 0 Å². The molecule has 146 valence electrons. The molecule has 1 saturated heterocycles. The number of carbonyl (C=O) groups excluding carboxylic acids is 1. The van der Waals surface area contributed by atoms with Crippen LogP contribution in [0.25, 0.3) is 6.08 Å². The molecule has 0 aromatic carbocycles. The van der Waals surface area contributed by atoms with Crippen LogP contribution in [0.15, 0.2) is 18.3 Å². The first-order valence-electron chi connectivity index (χ1n) is 8.40. The summed E-state index contributed by atoms with van der Waals surface area (Å²) in [5.74, 6) is 1.03. The van der Waals surface area contributed by atoms with Crippen molar-refractivity contribution in [2.24, 2.45) is 5.92 Å². The minimum absolute atomic E-state index is 0. The molecule has 2 aliphatic rings. The lowest BCUT2D eigenvalue weighted by molar-refractivity contribution is -0.124. The SMILES string of the molecule is Cl.Cl.O=C(/C=C/c1cnc(NC2CCN(CC3CC3)CC2)c(Cl)c1)NO. The van der Waals surface area contributed by atoms with E-state index in [-0.39, 0.29) is 24.8 Å². The second kappa shape index (κ2) is 10.9. The molecule has 3 rings (SSSR count). The van der Waals surface area contributed by atoms with Crippen molar-refractivity contribution >= 4 is 54.2 Å². The van der Waals surface area contributed by atoms with Gasteiger partial charge in [0.05, 0.1) is 5.02 Å². The Balaban J connectivity index is 0.00000169. The second-order valence-corrected chi connectivity index (χ2v) is 6.98. The van der Waals surface area contributed by atoms with Crippen molar-refractivity contribution < 1.29 is 10.0 Å². The number of anilines is 1. The minimum atomic E-state index is -0.591. The van der Waals surface area contributed by atoms with E-state index in [4.69, 9.17) is 16.8 Å². The summed E-state index contributed by atoms with van der Waals surface area (Å²) < 4.78 is 0. The van der Waals surface area contributed by atoms with E-state index < -0.39 is 5.91 Å². The van der Waals surface area contributed by atoms with Crippen molar-refractivity contribution in [3.05, 3.63) is 28.9 Å². The number of carbonyl (C=O) groups is 1. The van der Waals surface area contributed by atoms with E-state index in [1.165, 1.54) is 30.9 Å². The Morgan fingerprint density at radius 1 is 1.31 bits per heavy atom. The highest BCUT2D eigenvalue weighted by atomic mass is 35.5. The molecule has 1 saturated carbocycles. The first-order valence-corrected chi connectivity index (χ1v) is 8.78. The zero-order chi connectivity index (χ0) is 16.9. The normalized spacial score (nSPS) is 18.1. The van der Waals surface area contributed by atoms with Gasteiger partial charge in [0, 0.05) is 37.9 Å². The number of aromatic nitrogens is 1. The molecule has 0 atom stereocenters. The summed E-state index contributed by atoms with van der Waals surface area (Å²) in [6.45, 7) is 3.51. The summed E-state index contributed by atoms with van der Waals surface area (Å²) in [7, 11) is 0. The van der Waals surface area contributed by atoms with E-state index in [2.05, 4.69) is 15.2 Å². The van der Waals surface area contributed by atoms with Gasteiger partial charge in [-0.25, -0.2) is 10.5 Å². The Morgan fingerprint density at radius 3 is 2.58 bits per heavy atom. The van der Waals surface area contributed by atoms with Gasteiger partial charge in [0.25, 0.3) is 5.91 Å². The number of likely N-dealkylation sites (tertiary alicyclic amines) is 1. The van der Waals surface area contributed by atoms with Crippen LogP contribution in [-0.2, 0) is 4.79 Å². The molecule has 6 nitrogen and oxygen atoms in total. The van der Waals surface area contributed by atoms with Crippen LogP contribution in [-0.4, -0.2) is 46.7 Å². The van der Waals surface area contributed by atoms with Crippen LogP contribution in [0.5, 0.6) is 0 Å². The van der Waals surface area contributed by atoms with E-state index in [0.717, 1.165) is 31.8 Å². The number of nitrogens with one attached hydrogen (secondary N) is 2. The molecule has 3 N–H and O–H groups in total. The number of hydrogen-bond acceptors (Lipinski definition) is 5. The molecular weight excluding hydrogens is 399 g/mol. The van der Waals surface area contributed by atoms with Gasteiger partial charge < -0.3 is 10.2 Å². The molecule has 0 radical (unpaired) electrons. The number of halogens is 3. The van der Waals surface area contributed by atoms with Gasteiger partial charge in [-0.3, -0.25) is 10.0 Å². The zero-order valence-electron chi connectivity index (χ0n) is 14.4. The molecular formula is C17H25Cl3N4O2. The van der Waals surface area contributed by atoms with Crippen LogP contribution in [0.1, 0.15) is 31.2 Å². The molecule has 2 heterocycles. The smallest absolute Gasteiger partial charge is 0.267 e. The van der Waals surface area contributed by atoms with Crippen molar-refractivity contribution in [3.8, 4) is 0 Å². The van der Waals surface area contributed by atoms with Gasteiger partial charge in [-0.1, -0.05) is 11.6 Å². The van der Waals surface area contributed by atoms with Crippen LogP contribution in [0.2, 0.25) is 5.02 Å². The van der Waals surface area contributed by atoms with Crippen molar-refractivity contribution in [2.45, 2.75) is 31.7 Å². The average Bonchev–Trinajstić information content (AvgIpc) is 3.40. The van der Waals surface area contributed by atoms with E-state index >= 15 is 0 Å². The molecule has 1 aliphatic heterocycles. The van der Waals surface area contributed by atoms with Gasteiger partial charge >= 0.3 is 0 Å². The maximum absolute atomic E-state index is 11.0. The van der Waals surface area contributed by atoms with Gasteiger partial charge in [-0.2, -0.15) is 0 Å². The summed E-state index contributed by atoms with van der Waals surface area (Å²) in [4.78, 5) is 17.9. The maximum atomic E-state index is 11.0. The van der Waals surface area contributed by atoms with Gasteiger partial charge in [0.2, 0.25) is 0 Å². The quantitative estimate of drug-likeness (QED) is 0.371. The third-order valence-electron chi connectivity index (χ3n) is 4.54. The van der Waals surface area contributed by atoms with E-state index in [0.29, 0.717) is 22.4 Å². The maximum Gasteiger partial charge on any atom is 0.267 e. The fourth-order valence-electron chi connectivity index (χ4n) is 2.98. The van der Waals surface area contributed by atoms with Crippen LogP contribution in [0, 0.1) is 5.92 Å². The largest absolute Gasteiger partial charge is 0.366 e. The lowest BCUT2D eigenvalue weighted by Crippen LogP contribution is -2.40. The predicted molar refractivity (Wildman–Crippen MR) is 109 cm³/mol. The molecule has 0 bridgehead atoms. The lowest BCUT2D eigenvalue weighted by Gasteiger charge is -2.32. The highest BCUT2D eigenvalue weighted by Crippen LogP contribution is 2.31. The number of nitrogens with zero attached hydrogens (tertiary/aromatic N) is 2. The number of piperidine rings is 1. The Kier molecular flexibility index (Phi) is 9.68. The summed E-state index contributed by atoms with van der Waals surface area (Å²) in [5, 5.41) is 12.4. The number of rotatable bonds is 6. The number of amides is 1. The lowest BCUT2D eigenvalue weighted by atomic mass is 10.0. The summed E-state index contributed by atoms with van der Waals surface area (Å²) >= 11 is 6.28. The molecule has 0 unspecified atom stereocenters. The van der Waals surface area contributed by atoms with Crippen LogP contribution >= 0.6 is 36.4 Å². The minimum Gasteiger partial charge on any atom is -0.366 e. The molecule has 26 heavy (non-hydrogen) atoms. The summed E-state index contributed by atoms with van der Waals surface area (Å²) in [6.07, 6.45) is 9.42. The predicted octanol–water partition coefficient (Wildman–Crippen LogP) is 3.38. The fraction of sp³-hybridized carbons (Fsp3) is 0.529. The van der Waals surface area contributed by atoms with Gasteiger partial charge in [-0.15, -0.1) is 24.8 Å². The fourth-order valence-corrected chi connectivity index (χ4v) is 3.21. The molecule has 0 spiro atoms. The Bertz CT molecular complexity index is 618. The van der Waals surface area contributed by atoms with Crippen molar-refractivity contribution in [3.63, 3.8) is 0 Å². The topological polar surface area (TPSA) is 77.5 Å². The van der Waals surface area contributed by atoms with Gasteiger partial charge in [-0.05, 0) is 49.3 Å². The third-order valence-corrected chi connectivity index (χ3v) is 4.83. The molecule has 1 aliphatic carbocycles. The van der Waals surface area contributed by atoms with Crippen LogP contribution in [0.3, 0.4) is 0 Å². The first kappa shape index (κ1) is 23.0. The highest BCUT2D eigenvalue weighted by molar-refractivity contribution is 6.33. The summed E-state index contributed by atoms with van der Waals surface area (Å²) in [5.41, 5.74) is 2.24. The van der Waals surface area contributed by atoms with Gasteiger partial charge in [0.1, 0.15) is 5.82 Å². The second-order valence-electron chi connectivity index (χ2n) is 6.57. The van der Waals surface area contributed by atoms with Crippen LogP contribution in [0.4, 0.5) is 5.82 Å². The monoisotopic (exact) mass is 422 g/mol. The molecule has 1 aromatic heterocycles. The van der Waals surface area contributed by atoms with E-state index in [9.17, 15) is 4.79 Å². The Morgan fingerprint density at radius 2 is 2.00 bits per heavy atom. The molecule has 2 fully saturated rings. The van der Waals surface area contributed by atoms with E-state index in [1.54, 1.807) is 18.3 Å². The number of pyridine rings is 1. The molecule has 1 amide bonds.